The summed E-state index contributed by atoms with van der Waals surface area (Å²) in [5.41, 5.74) is 10.9. The Hall–Kier alpha value is -3.72. The Morgan fingerprint density at radius 2 is 1.93 bits per heavy atom. The van der Waals surface area contributed by atoms with Crippen LogP contribution in [0.15, 0.2) is 59.5 Å². The third kappa shape index (κ3) is 3.11. The number of esters is 1. The second-order valence-electron chi connectivity index (χ2n) is 6.92. The normalized spacial score (nSPS) is 17.6. The van der Waals surface area contributed by atoms with E-state index in [0.717, 1.165) is 40.9 Å². The summed E-state index contributed by atoms with van der Waals surface area (Å²) < 4.78 is 16.1. The first-order valence-electron chi connectivity index (χ1n) is 9.23. The van der Waals surface area contributed by atoms with E-state index < -0.39 is 5.97 Å². The van der Waals surface area contributed by atoms with E-state index in [0.29, 0.717) is 16.9 Å². The second-order valence-corrected chi connectivity index (χ2v) is 6.92. The zero-order valence-corrected chi connectivity index (χ0v) is 16.2. The van der Waals surface area contributed by atoms with Crippen molar-refractivity contribution in [2.24, 2.45) is 5.73 Å². The number of nitriles is 1. The quantitative estimate of drug-likeness (QED) is 0.807. The summed E-state index contributed by atoms with van der Waals surface area (Å²) in [6, 6.07) is 15.2. The van der Waals surface area contributed by atoms with E-state index in [4.69, 9.17) is 19.9 Å². The number of hydrogen-bond acceptors (Lipinski definition) is 6. The van der Waals surface area contributed by atoms with Crippen LogP contribution in [0.2, 0.25) is 0 Å². The topological polar surface area (TPSA) is 94.6 Å². The van der Waals surface area contributed by atoms with Crippen LogP contribution in [0.3, 0.4) is 0 Å². The Labute approximate surface area is 168 Å². The van der Waals surface area contributed by atoms with Gasteiger partial charge in [-0.2, -0.15) is 5.26 Å². The van der Waals surface area contributed by atoms with Crippen molar-refractivity contribution in [3.8, 4) is 11.8 Å². The van der Waals surface area contributed by atoms with Gasteiger partial charge in [-0.1, -0.05) is 18.2 Å². The van der Waals surface area contributed by atoms with Crippen LogP contribution in [-0.2, 0) is 15.9 Å². The lowest BCUT2D eigenvalue weighted by atomic mass is 9.76. The standard InChI is InChI=1S/C23H20N2O4/c1-27-16-9-7-13-8-10-17-20(14-3-5-15(6-4-14)23(26)28-2)19(12-24)22(25)29-21(17)18(13)11-16/h3-7,9,11,20H,8,10,25H2,1-2H3. The van der Waals surface area contributed by atoms with Crippen molar-refractivity contribution >= 4 is 11.7 Å². The molecule has 1 atom stereocenters. The lowest BCUT2D eigenvalue weighted by Crippen LogP contribution is -2.23. The highest BCUT2D eigenvalue weighted by molar-refractivity contribution is 5.89. The van der Waals surface area contributed by atoms with Gasteiger partial charge < -0.3 is 19.9 Å². The van der Waals surface area contributed by atoms with Crippen LogP contribution in [0.1, 0.15) is 39.4 Å². The number of allylic oxidation sites excluding steroid dienone is 2. The minimum atomic E-state index is -0.405. The van der Waals surface area contributed by atoms with Gasteiger partial charge in [0.1, 0.15) is 23.2 Å². The maximum atomic E-state index is 11.8. The number of carbonyl (C=O) groups is 1. The number of hydrogen-bond donors (Lipinski definition) is 1. The van der Waals surface area contributed by atoms with E-state index in [1.165, 1.54) is 7.11 Å². The van der Waals surface area contributed by atoms with Gasteiger partial charge in [-0.15, -0.1) is 0 Å². The van der Waals surface area contributed by atoms with Crippen molar-refractivity contribution in [1.82, 2.24) is 0 Å². The number of carbonyl (C=O) groups excluding carboxylic acids is 1. The van der Waals surface area contributed by atoms with Crippen LogP contribution < -0.4 is 10.5 Å². The van der Waals surface area contributed by atoms with Gasteiger partial charge >= 0.3 is 5.97 Å². The molecular weight excluding hydrogens is 368 g/mol. The molecule has 6 heteroatoms. The molecule has 4 rings (SSSR count). The third-order valence-electron chi connectivity index (χ3n) is 5.42. The Morgan fingerprint density at radius 1 is 1.17 bits per heavy atom. The van der Waals surface area contributed by atoms with Gasteiger partial charge in [-0.25, -0.2) is 4.79 Å². The fraction of sp³-hybridized carbons (Fsp3) is 0.217. The van der Waals surface area contributed by atoms with Crippen molar-refractivity contribution in [2.75, 3.05) is 14.2 Å². The molecule has 2 N–H and O–H groups in total. The Balaban J connectivity index is 1.84. The van der Waals surface area contributed by atoms with Gasteiger partial charge in [-0.3, -0.25) is 0 Å². The van der Waals surface area contributed by atoms with Crippen molar-refractivity contribution in [3.05, 3.63) is 81.7 Å². The summed E-state index contributed by atoms with van der Waals surface area (Å²) in [5, 5.41) is 9.76. The first-order valence-corrected chi connectivity index (χ1v) is 9.23. The average molecular weight is 388 g/mol. The Morgan fingerprint density at radius 3 is 2.59 bits per heavy atom. The number of methoxy groups -OCH3 is 2. The van der Waals surface area contributed by atoms with E-state index in [2.05, 4.69) is 6.07 Å². The molecule has 0 fully saturated rings. The Kier molecular flexibility index (Phi) is 4.73. The second kappa shape index (κ2) is 7.36. The summed E-state index contributed by atoms with van der Waals surface area (Å²) >= 11 is 0. The highest BCUT2D eigenvalue weighted by Crippen LogP contribution is 2.47. The van der Waals surface area contributed by atoms with E-state index in [1.807, 2.05) is 30.3 Å². The molecule has 2 aromatic carbocycles. The predicted octanol–water partition coefficient (Wildman–Crippen LogP) is 3.65. The molecule has 0 radical (unpaired) electrons. The monoisotopic (exact) mass is 388 g/mol. The molecule has 0 saturated carbocycles. The molecule has 6 nitrogen and oxygen atoms in total. The van der Waals surface area contributed by atoms with Crippen LogP contribution in [0.25, 0.3) is 5.76 Å². The first-order chi connectivity index (χ1) is 14.1. The molecule has 2 aliphatic rings. The number of nitrogens with two attached hydrogens (primary N) is 1. The van der Waals surface area contributed by atoms with E-state index in [-0.39, 0.29) is 11.8 Å². The molecule has 146 valence electrons. The van der Waals surface area contributed by atoms with Gasteiger partial charge in [0.2, 0.25) is 5.88 Å². The molecule has 0 saturated heterocycles. The van der Waals surface area contributed by atoms with Crippen LogP contribution >= 0.6 is 0 Å². The highest BCUT2D eigenvalue weighted by atomic mass is 16.5. The number of nitrogens with zero attached hydrogens (tertiary/aromatic N) is 1. The Bertz CT molecular complexity index is 1090. The summed E-state index contributed by atoms with van der Waals surface area (Å²) in [4.78, 5) is 11.8. The average Bonchev–Trinajstić information content (AvgIpc) is 2.77. The van der Waals surface area contributed by atoms with E-state index in [9.17, 15) is 10.1 Å². The first kappa shape index (κ1) is 18.6. The van der Waals surface area contributed by atoms with E-state index in [1.54, 1.807) is 19.2 Å². The zero-order chi connectivity index (χ0) is 20.5. The summed E-state index contributed by atoms with van der Waals surface area (Å²) in [5.74, 6) is 0.786. The number of fused-ring (bicyclic) bond motifs is 2. The fourth-order valence-electron chi connectivity index (χ4n) is 3.96. The zero-order valence-electron chi connectivity index (χ0n) is 16.2. The highest BCUT2D eigenvalue weighted by Gasteiger charge is 2.36. The molecule has 2 aromatic rings. The molecule has 29 heavy (non-hydrogen) atoms. The summed E-state index contributed by atoms with van der Waals surface area (Å²) in [6.45, 7) is 0. The van der Waals surface area contributed by atoms with Crippen molar-refractivity contribution in [3.63, 3.8) is 0 Å². The maximum absolute atomic E-state index is 11.8. The minimum Gasteiger partial charge on any atom is -0.497 e. The number of ether oxygens (including phenoxy) is 3. The molecule has 1 aliphatic heterocycles. The summed E-state index contributed by atoms with van der Waals surface area (Å²) in [7, 11) is 2.96. The number of benzene rings is 2. The molecule has 1 heterocycles. The molecular formula is C23H20N2O4. The summed E-state index contributed by atoms with van der Waals surface area (Å²) in [6.07, 6.45) is 1.58. The van der Waals surface area contributed by atoms with E-state index >= 15 is 0 Å². The molecule has 0 spiro atoms. The molecule has 0 amide bonds. The lowest BCUT2D eigenvalue weighted by Gasteiger charge is -2.33. The van der Waals surface area contributed by atoms with Crippen LogP contribution in [-0.4, -0.2) is 20.2 Å². The molecule has 0 aromatic heterocycles. The van der Waals surface area contributed by atoms with Gasteiger partial charge in [-0.05, 0) is 53.8 Å². The third-order valence-corrected chi connectivity index (χ3v) is 5.42. The fourth-order valence-corrected chi connectivity index (χ4v) is 3.96. The smallest absolute Gasteiger partial charge is 0.337 e. The SMILES string of the molecule is COC(=O)c1ccc(C2C(C#N)=C(N)OC3=C2CCc2ccc(OC)cc23)cc1. The van der Waals surface area contributed by atoms with Gasteiger partial charge in [0, 0.05) is 11.5 Å². The van der Waals surface area contributed by atoms with Crippen LogP contribution in [0.4, 0.5) is 0 Å². The minimum absolute atomic E-state index is 0.101. The van der Waals surface area contributed by atoms with Crippen LogP contribution in [0.5, 0.6) is 5.75 Å². The molecule has 1 unspecified atom stereocenters. The molecule has 0 bridgehead atoms. The largest absolute Gasteiger partial charge is 0.497 e. The van der Waals surface area contributed by atoms with Gasteiger partial charge in [0.15, 0.2) is 0 Å². The van der Waals surface area contributed by atoms with Crippen molar-refractivity contribution < 1.29 is 19.0 Å². The predicted molar refractivity (Wildman–Crippen MR) is 107 cm³/mol. The maximum Gasteiger partial charge on any atom is 0.337 e. The number of rotatable bonds is 3. The van der Waals surface area contributed by atoms with Crippen LogP contribution in [0, 0.1) is 11.3 Å². The molecule has 1 aliphatic carbocycles. The van der Waals surface area contributed by atoms with Crippen molar-refractivity contribution in [2.45, 2.75) is 18.8 Å². The number of aryl methyl sites for hydroxylation is 1. The lowest BCUT2D eigenvalue weighted by molar-refractivity contribution is 0.0600. The van der Waals surface area contributed by atoms with Gasteiger partial charge in [0.05, 0.1) is 19.8 Å². The van der Waals surface area contributed by atoms with Crippen molar-refractivity contribution in [1.29, 1.82) is 5.26 Å². The van der Waals surface area contributed by atoms with Gasteiger partial charge in [0.25, 0.3) is 0 Å².